The van der Waals surface area contributed by atoms with Crippen molar-refractivity contribution in [2.45, 2.75) is 0 Å². The monoisotopic (exact) mass is 398 g/mol. The topological polar surface area (TPSA) is 0 Å². The Morgan fingerprint density at radius 1 is 1.25 bits per heavy atom. The van der Waals surface area contributed by atoms with Gasteiger partial charge in [0.15, 0.2) is 0 Å². The molecule has 0 aliphatic rings. The molecule has 0 aromatic rings. The van der Waals surface area contributed by atoms with Crippen molar-refractivity contribution in [3.8, 4) is 0 Å². The van der Waals surface area contributed by atoms with Crippen molar-refractivity contribution in [1.82, 2.24) is 0 Å². The molecule has 0 amide bonds. The molecule has 0 nitrogen and oxygen atoms in total. The number of hydrogen-bond donors (Lipinski definition) is 0. The molecule has 0 heterocycles. The quantitative estimate of drug-likeness (QED) is 0.370. The molecule has 0 fully saturated rings. The Bertz CT molecular complexity index is 8.00. The molecule has 26 valence electrons. The molecule has 0 spiro atoms. The van der Waals surface area contributed by atoms with Crippen LogP contribution >= 0.6 is 0 Å². The van der Waals surface area contributed by atoms with Crippen molar-refractivity contribution in [3.63, 3.8) is 0 Å². The van der Waals surface area contributed by atoms with Crippen LogP contribution in [0, 0.1) is 0 Å². The summed E-state index contributed by atoms with van der Waals surface area (Å²) in [5, 5.41) is 0. The minimum atomic E-state index is 0. The average molecular weight is 397 g/mol. The molecule has 0 aliphatic heterocycles. The van der Waals surface area contributed by atoms with E-state index in [0.717, 1.165) is 0 Å². The van der Waals surface area contributed by atoms with E-state index >= 15 is 0 Å². The van der Waals surface area contributed by atoms with Crippen molar-refractivity contribution in [1.29, 1.82) is 0 Å². The van der Waals surface area contributed by atoms with E-state index in [-0.39, 0.29) is 43.7 Å². The zero-order chi connectivity index (χ0) is 2.00. The molecule has 0 aromatic heterocycles. The van der Waals surface area contributed by atoms with Gasteiger partial charge in [0.25, 0.3) is 0 Å². The van der Waals surface area contributed by atoms with Gasteiger partial charge in [0, 0.05) is 0 Å². The fourth-order valence-corrected chi connectivity index (χ4v) is 0. The Morgan fingerprint density at radius 3 is 1.25 bits per heavy atom. The second kappa shape index (κ2) is 17.1. The molecule has 2 radical (unpaired) electrons. The average Bonchev–Trinajstić information content (AvgIpc) is 1.00. The van der Waals surface area contributed by atoms with Crippen LogP contribution in [0.25, 0.3) is 0 Å². The van der Waals surface area contributed by atoms with E-state index in [0.29, 0.717) is 0 Å². The van der Waals surface area contributed by atoms with Gasteiger partial charge in [-0.1, -0.05) is 0 Å². The fraction of sp³-hybridized carbons (Fsp3) is 0. The Balaban J connectivity index is -0.00000000500. The fourth-order valence-electron chi connectivity index (χ4n) is 0. The predicted molar refractivity (Wildman–Crippen MR) is 34.2 cm³/mol. The van der Waals surface area contributed by atoms with E-state index < -0.39 is 0 Å². The second-order valence-corrected chi connectivity index (χ2v) is 0. The minimum absolute atomic E-state index is 0. The first-order valence-corrected chi connectivity index (χ1v) is 9.00. The van der Waals surface area contributed by atoms with Crippen LogP contribution in [-0.4, -0.2) is 77.1 Å². The van der Waals surface area contributed by atoms with Crippen LogP contribution in [0.15, 0.2) is 0 Å². The summed E-state index contributed by atoms with van der Waals surface area (Å²) in [5.74, 6) is 0. The molecule has 0 saturated heterocycles. The first-order chi connectivity index (χ1) is 1.00. The summed E-state index contributed by atoms with van der Waals surface area (Å²) in [4.78, 5) is 0. The van der Waals surface area contributed by atoms with E-state index in [9.17, 15) is 0 Å². The molecular formula is H8GaSbSeSn. The van der Waals surface area contributed by atoms with Crippen LogP contribution in [0.3, 0.4) is 0 Å². The summed E-state index contributed by atoms with van der Waals surface area (Å²) in [5.41, 5.74) is 0. The van der Waals surface area contributed by atoms with Gasteiger partial charge in [0.1, 0.15) is 0 Å². The third-order valence-electron chi connectivity index (χ3n) is 0. The number of rotatable bonds is 0. The van der Waals surface area contributed by atoms with Crippen LogP contribution in [0.4, 0.5) is 0 Å². The van der Waals surface area contributed by atoms with Gasteiger partial charge in [-0.15, -0.1) is 0 Å². The zero-order valence-corrected chi connectivity index (χ0v) is 10.9. The predicted octanol–water partition coefficient (Wildman–Crippen LogP) is -3.66. The molecule has 0 rings (SSSR count). The summed E-state index contributed by atoms with van der Waals surface area (Å²) in [7, 11) is 0. The van der Waals surface area contributed by atoms with Crippen molar-refractivity contribution < 1.29 is 0 Å². The molecule has 0 aromatic carbocycles. The Hall–Kier alpha value is 2.77. The van der Waals surface area contributed by atoms with Gasteiger partial charge in [-0.3, -0.25) is 0 Å². The van der Waals surface area contributed by atoms with Gasteiger partial charge < -0.3 is 0 Å². The Morgan fingerprint density at radius 2 is 1.25 bits per heavy atom. The standard InChI is InChI=1S/Ga.Sb.H2Se.Sn.7H/h;;1H2;;;;;;;;/q;+1;;;;;;;;;/p-1. The molecule has 4 heavy (non-hydrogen) atoms. The summed E-state index contributed by atoms with van der Waals surface area (Å²) < 4.78 is 0. The Labute approximate surface area is 75.7 Å². The summed E-state index contributed by atoms with van der Waals surface area (Å²) in [6.45, 7) is 0. The van der Waals surface area contributed by atoms with Gasteiger partial charge >= 0.3 is 77.1 Å². The van der Waals surface area contributed by atoms with Crippen LogP contribution in [0.2, 0.25) is 0 Å². The normalized spacial score (nSPS) is 1.50. The van der Waals surface area contributed by atoms with E-state index in [1.54, 1.807) is 0 Å². The molecular weight excluding hydrogens is 389 g/mol. The SMILES string of the molecule is [GaH3].[SeH][SbH2].[SnH2]. The summed E-state index contributed by atoms with van der Waals surface area (Å²) in [6.07, 6.45) is 0. The van der Waals surface area contributed by atoms with Crippen LogP contribution < -0.4 is 0 Å². The molecule has 0 saturated carbocycles. The third kappa shape index (κ3) is 8.84. The van der Waals surface area contributed by atoms with Crippen molar-refractivity contribution in [2.24, 2.45) is 0 Å². The molecule has 0 atom stereocenters. The maximum atomic E-state index is 2.44. The molecule has 4 heteroatoms. The summed E-state index contributed by atoms with van der Waals surface area (Å²) in [6, 6.07) is 0. The summed E-state index contributed by atoms with van der Waals surface area (Å²) >= 11 is 3.73. The maximum absolute atomic E-state index is 2.44. The van der Waals surface area contributed by atoms with E-state index in [1.165, 1.54) is 20.7 Å². The van der Waals surface area contributed by atoms with Crippen LogP contribution in [-0.2, 0) is 0 Å². The molecule has 0 unspecified atom stereocenters. The molecule has 0 N–H and O–H groups in total. The van der Waals surface area contributed by atoms with Gasteiger partial charge in [0.2, 0.25) is 0 Å². The number of hydrogen-bond acceptors (Lipinski definition) is 0. The van der Waals surface area contributed by atoms with E-state index in [4.69, 9.17) is 0 Å². The van der Waals surface area contributed by atoms with E-state index in [2.05, 4.69) is 12.7 Å². The molecule has 0 aliphatic carbocycles. The third-order valence-corrected chi connectivity index (χ3v) is 0. The second-order valence-electron chi connectivity index (χ2n) is 0. The first kappa shape index (κ1) is 15.9. The van der Waals surface area contributed by atoms with Crippen molar-refractivity contribution >= 4 is 77.1 Å². The van der Waals surface area contributed by atoms with Gasteiger partial charge in [0.05, 0.1) is 0 Å². The van der Waals surface area contributed by atoms with Gasteiger partial charge in [-0.2, -0.15) is 0 Å². The van der Waals surface area contributed by atoms with Crippen molar-refractivity contribution in [3.05, 3.63) is 0 Å². The van der Waals surface area contributed by atoms with Crippen LogP contribution in [0.1, 0.15) is 0 Å². The van der Waals surface area contributed by atoms with Crippen LogP contribution in [0.5, 0.6) is 0 Å². The van der Waals surface area contributed by atoms with Crippen molar-refractivity contribution in [2.75, 3.05) is 0 Å². The van der Waals surface area contributed by atoms with Gasteiger partial charge in [-0.05, 0) is 0 Å². The molecule has 0 bridgehead atoms. The van der Waals surface area contributed by atoms with E-state index in [1.807, 2.05) is 0 Å². The van der Waals surface area contributed by atoms with Gasteiger partial charge in [-0.25, -0.2) is 0 Å². The zero-order valence-electron chi connectivity index (χ0n) is 1.73. The Kier molecular flexibility index (Phi) is 67.8. The first-order valence-electron chi connectivity index (χ1n) is 0.258.